The molecule has 0 amide bonds. The predicted molar refractivity (Wildman–Crippen MR) is 112 cm³/mol. The van der Waals surface area contributed by atoms with Gasteiger partial charge in [-0.1, -0.05) is 6.92 Å². The Kier molecular flexibility index (Phi) is 9.09. The Balaban J connectivity index is 0.00000225. The SMILES string of the molecule is CC1CCN(C(=NCC2CCCCO2)NCCc2ccco2)CC1.I. The molecule has 1 aromatic heterocycles. The Morgan fingerprint density at radius 1 is 1.28 bits per heavy atom. The first-order valence-corrected chi connectivity index (χ1v) is 9.48. The average Bonchev–Trinajstić information content (AvgIpc) is 3.13. The van der Waals surface area contributed by atoms with Crippen LogP contribution in [0.4, 0.5) is 0 Å². The molecule has 0 spiro atoms. The van der Waals surface area contributed by atoms with Crippen LogP contribution in [0.2, 0.25) is 0 Å². The van der Waals surface area contributed by atoms with E-state index in [0.717, 1.165) is 63.3 Å². The number of nitrogens with one attached hydrogen (secondary N) is 1. The molecule has 25 heavy (non-hydrogen) atoms. The van der Waals surface area contributed by atoms with Crippen molar-refractivity contribution in [2.24, 2.45) is 10.9 Å². The maximum absolute atomic E-state index is 5.83. The lowest BCUT2D eigenvalue weighted by Crippen LogP contribution is -2.46. The van der Waals surface area contributed by atoms with Crippen molar-refractivity contribution in [2.45, 2.75) is 51.6 Å². The molecule has 1 unspecified atom stereocenters. The molecule has 3 heterocycles. The number of hydrogen-bond donors (Lipinski definition) is 1. The first-order chi connectivity index (χ1) is 11.8. The van der Waals surface area contributed by atoms with Crippen molar-refractivity contribution in [1.29, 1.82) is 0 Å². The fraction of sp³-hybridized carbons (Fsp3) is 0.737. The molecular formula is C19H32IN3O2. The third-order valence-corrected chi connectivity index (χ3v) is 5.04. The zero-order chi connectivity index (χ0) is 16.6. The van der Waals surface area contributed by atoms with E-state index in [1.807, 2.05) is 12.1 Å². The number of hydrogen-bond acceptors (Lipinski definition) is 3. The highest BCUT2D eigenvalue weighted by Gasteiger charge is 2.20. The van der Waals surface area contributed by atoms with Crippen molar-refractivity contribution in [3.05, 3.63) is 24.2 Å². The first kappa shape index (κ1) is 20.6. The summed E-state index contributed by atoms with van der Waals surface area (Å²) >= 11 is 0. The first-order valence-electron chi connectivity index (χ1n) is 9.48. The van der Waals surface area contributed by atoms with Crippen molar-refractivity contribution in [3.63, 3.8) is 0 Å². The summed E-state index contributed by atoms with van der Waals surface area (Å²) in [7, 11) is 0. The topological polar surface area (TPSA) is 50.0 Å². The number of halogens is 1. The lowest BCUT2D eigenvalue weighted by Gasteiger charge is -2.33. The number of ether oxygens (including phenoxy) is 1. The number of piperidine rings is 1. The standard InChI is InChI=1S/C19H31N3O2.HI/c1-16-8-11-22(12-9-16)19(20-10-7-17-6-4-14-23-17)21-15-18-5-2-3-13-24-18;/h4,6,14,16,18H,2-3,5,7-13,15H2,1H3,(H,20,21);1H. The van der Waals surface area contributed by atoms with E-state index >= 15 is 0 Å². The van der Waals surface area contributed by atoms with Crippen LogP contribution < -0.4 is 5.32 Å². The molecule has 1 atom stereocenters. The summed E-state index contributed by atoms with van der Waals surface area (Å²) in [4.78, 5) is 7.30. The molecule has 6 heteroatoms. The highest BCUT2D eigenvalue weighted by molar-refractivity contribution is 14.0. The van der Waals surface area contributed by atoms with Gasteiger partial charge >= 0.3 is 0 Å². The van der Waals surface area contributed by atoms with Crippen LogP contribution in [0.25, 0.3) is 0 Å². The van der Waals surface area contributed by atoms with Gasteiger partial charge in [-0.2, -0.15) is 0 Å². The van der Waals surface area contributed by atoms with Crippen LogP contribution in [0, 0.1) is 5.92 Å². The maximum atomic E-state index is 5.83. The van der Waals surface area contributed by atoms with Crippen LogP contribution in [0.1, 0.15) is 44.8 Å². The van der Waals surface area contributed by atoms with Gasteiger partial charge in [0, 0.05) is 32.7 Å². The smallest absolute Gasteiger partial charge is 0.194 e. The van der Waals surface area contributed by atoms with E-state index in [1.165, 1.54) is 25.7 Å². The van der Waals surface area contributed by atoms with Gasteiger partial charge in [0.15, 0.2) is 5.96 Å². The highest BCUT2D eigenvalue weighted by atomic mass is 127. The van der Waals surface area contributed by atoms with Gasteiger partial charge in [0.1, 0.15) is 5.76 Å². The molecule has 0 aromatic carbocycles. The van der Waals surface area contributed by atoms with Crippen LogP contribution in [0.3, 0.4) is 0 Å². The Hall–Kier alpha value is -0.760. The summed E-state index contributed by atoms with van der Waals surface area (Å²) in [5, 5.41) is 3.54. The van der Waals surface area contributed by atoms with Gasteiger partial charge < -0.3 is 19.4 Å². The predicted octanol–water partition coefficient (Wildman–Crippen LogP) is 3.69. The Labute approximate surface area is 168 Å². The van der Waals surface area contributed by atoms with Gasteiger partial charge in [-0.05, 0) is 50.2 Å². The summed E-state index contributed by atoms with van der Waals surface area (Å²) in [6.07, 6.45) is 9.01. The largest absolute Gasteiger partial charge is 0.469 e. The zero-order valence-electron chi connectivity index (χ0n) is 15.3. The van der Waals surface area contributed by atoms with Crippen LogP contribution in [-0.2, 0) is 11.2 Å². The average molecular weight is 461 g/mol. The van der Waals surface area contributed by atoms with Gasteiger partial charge in [-0.15, -0.1) is 24.0 Å². The van der Waals surface area contributed by atoms with Gasteiger partial charge in [-0.25, -0.2) is 0 Å². The Morgan fingerprint density at radius 2 is 2.12 bits per heavy atom. The second-order valence-electron chi connectivity index (χ2n) is 7.08. The number of likely N-dealkylation sites (tertiary alicyclic amines) is 1. The molecule has 0 radical (unpaired) electrons. The highest BCUT2D eigenvalue weighted by Crippen LogP contribution is 2.17. The number of rotatable bonds is 5. The fourth-order valence-corrected chi connectivity index (χ4v) is 3.38. The Morgan fingerprint density at radius 3 is 2.80 bits per heavy atom. The van der Waals surface area contributed by atoms with Gasteiger partial charge in [0.2, 0.25) is 0 Å². The molecule has 0 saturated carbocycles. The quantitative estimate of drug-likeness (QED) is 0.413. The second kappa shape index (κ2) is 11.1. The lowest BCUT2D eigenvalue weighted by molar-refractivity contribution is 0.0222. The molecule has 0 aliphatic carbocycles. The maximum Gasteiger partial charge on any atom is 0.194 e. The molecule has 1 aromatic rings. The summed E-state index contributed by atoms with van der Waals surface area (Å²) in [5.41, 5.74) is 0. The number of aliphatic imine (C=N–C) groups is 1. The normalized spacial score (nSPS) is 22.5. The van der Waals surface area contributed by atoms with E-state index in [4.69, 9.17) is 14.1 Å². The third-order valence-electron chi connectivity index (χ3n) is 5.04. The summed E-state index contributed by atoms with van der Waals surface area (Å²) in [6.45, 7) is 7.05. The van der Waals surface area contributed by atoms with E-state index in [2.05, 4.69) is 17.1 Å². The summed E-state index contributed by atoms with van der Waals surface area (Å²) < 4.78 is 11.2. The van der Waals surface area contributed by atoms with Crippen LogP contribution in [-0.4, -0.2) is 49.7 Å². The Bertz CT molecular complexity index is 493. The van der Waals surface area contributed by atoms with Crippen LogP contribution in [0.5, 0.6) is 0 Å². The fourth-order valence-electron chi connectivity index (χ4n) is 3.38. The van der Waals surface area contributed by atoms with Crippen molar-refractivity contribution in [2.75, 3.05) is 32.8 Å². The van der Waals surface area contributed by atoms with Crippen molar-refractivity contribution in [3.8, 4) is 0 Å². The van der Waals surface area contributed by atoms with E-state index in [9.17, 15) is 0 Å². The molecule has 2 aliphatic heterocycles. The van der Waals surface area contributed by atoms with Crippen molar-refractivity contribution >= 4 is 29.9 Å². The third kappa shape index (κ3) is 6.81. The molecule has 2 aliphatic rings. The van der Waals surface area contributed by atoms with Gasteiger partial charge in [0.25, 0.3) is 0 Å². The number of furan rings is 1. The van der Waals surface area contributed by atoms with Crippen LogP contribution in [0.15, 0.2) is 27.8 Å². The van der Waals surface area contributed by atoms with E-state index in [-0.39, 0.29) is 24.0 Å². The minimum absolute atomic E-state index is 0. The summed E-state index contributed by atoms with van der Waals surface area (Å²) in [5.74, 6) is 2.89. The molecule has 1 N–H and O–H groups in total. The zero-order valence-corrected chi connectivity index (χ0v) is 17.6. The molecule has 142 valence electrons. The minimum atomic E-state index is 0. The molecular weight excluding hydrogens is 429 g/mol. The minimum Gasteiger partial charge on any atom is -0.469 e. The van der Waals surface area contributed by atoms with E-state index in [1.54, 1.807) is 6.26 Å². The summed E-state index contributed by atoms with van der Waals surface area (Å²) in [6, 6.07) is 3.97. The number of guanidine groups is 1. The van der Waals surface area contributed by atoms with Gasteiger partial charge in [0.05, 0.1) is 18.9 Å². The van der Waals surface area contributed by atoms with E-state index in [0.29, 0.717) is 6.10 Å². The molecule has 2 fully saturated rings. The molecule has 2 saturated heterocycles. The van der Waals surface area contributed by atoms with Crippen molar-refractivity contribution < 1.29 is 9.15 Å². The van der Waals surface area contributed by atoms with Crippen LogP contribution >= 0.6 is 24.0 Å². The van der Waals surface area contributed by atoms with Gasteiger partial charge in [-0.3, -0.25) is 4.99 Å². The number of nitrogens with zero attached hydrogens (tertiary/aromatic N) is 2. The monoisotopic (exact) mass is 461 g/mol. The molecule has 3 rings (SSSR count). The lowest BCUT2D eigenvalue weighted by atomic mass is 9.99. The molecule has 5 nitrogen and oxygen atoms in total. The molecule has 0 bridgehead atoms. The second-order valence-corrected chi connectivity index (χ2v) is 7.08. The van der Waals surface area contributed by atoms with Crippen molar-refractivity contribution in [1.82, 2.24) is 10.2 Å². The van der Waals surface area contributed by atoms with E-state index < -0.39 is 0 Å².